The molecule has 2 unspecified atom stereocenters. The standard InChI is InChI=1S/C50H70Br2F2O4S4/c1-5-9-13-17-19-23-27-35(25-21-15-11-7-3)33-57-49(55)37-29-43(51)61-45(37)41-31-39(53)47(59-41)48-40(54)32-42(60-48)46-38(30-44(52)62-46)50(56)58-34-36(26-22-16-12-8-4)28-24-20-18-14-10-6-2/h29-32,35-36H,5-28,33-34H2,1-4H3. The molecule has 4 aromatic heterocycles. The Morgan fingerprint density at radius 3 is 1.11 bits per heavy atom. The molecule has 0 amide bonds. The summed E-state index contributed by atoms with van der Waals surface area (Å²) in [6.45, 7) is 9.63. The van der Waals surface area contributed by atoms with E-state index in [-0.39, 0.29) is 9.75 Å². The Kier molecular flexibility index (Phi) is 25.7. The summed E-state index contributed by atoms with van der Waals surface area (Å²) >= 11 is 12.0. The van der Waals surface area contributed by atoms with Gasteiger partial charge >= 0.3 is 11.9 Å². The molecule has 4 nitrogen and oxygen atoms in total. The first-order chi connectivity index (χ1) is 30.1. The fourth-order valence-corrected chi connectivity index (χ4v) is 13.6. The van der Waals surface area contributed by atoms with Crippen molar-refractivity contribution in [2.75, 3.05) is 13.2 Å². The van der Waals surface area contributed by atoms with E-state index in [2.05, 4.69) is 59.6 Å². The molecule has 0 saturated carbocycles. The van der Waals surface area contributed by atoms with Crippen LogP contribution < -0.4 is 0 Å². The maximum atomic E-state index is 15.9. The average Bonchev–Trinajstić information content (AvgIpc) is 4.05. The Labute approximate surface area is 404 Å². The molecule has 2 atom stereocenters. The Balaban J connectivity index is 1.46. The van der Waals surface area contributed by atoms with Crippen molar-refractivity contribution >= 4 is 89.1 Å². The van der Waals surface area contributed by atoms with E-state index in [1.54, 1.807) is 12.1 Å². The second kappa shape index (κ2) is 30.0. The van der Waals surface area contributed by atoms with Crippen LogP contribution in [0.3, 0.4) is 0 Å². The first-order valence-corrected chi connectivity index (χ1v) is 28.5. The number of hydrogen-bond donors (Lipinski definition) is 0. The van der Waals surface area contributed by atoms with E-state index in [9.17, 15) is 9.59 Å². The Bertz CT molecular complexity index is 1760. The van der Waals surface area contributed by atoms with Crippen molar-refractivity contribution in [3.05, 3.63) is 54.6 Å². The van der Waals surface area contributed by atoms with Crippen LogP contribution in [0.2, 0.25) is 0 Å². The third-order valence-electron chi connectivity index (χ3n) is 11.6. The lowest BCUT2D eigenvalue weighted by Gasteiger charge is -2.17. The molecule has 4 heterocycles. The molecule has 0 bridgehead atoms. The van der Waals surface area contributed by atoms with Gasteiger partial charge in [-0.1, -0.05) is 156 Å². The Morgan fingerprint density at radius 2 is 0.774 bits per heavy atom. The van der Waals surface area contributed by atoms with Crippen molar-refractivity contribution < 1.29 is 27.8 Å². The summed E-state index contributed by atoms with van der Waals surface area (Å²) in [5.74, 6) is -1.34. The van der Waals surface area contributed by atoms with E-state index in [1.807, 2.05) is 0 Å². The van der Waals surface area contributed by atoms with Crippen LogP contribution in [-0.4, -0.2) is 25.2 Å². The molecule has 0 aliphatic heterocycles. The number of carbonyl (C=O) groups excluding carboxylic acids is 2. The highest BCUT2D eigenvalue weighted by molar-refractivity contribution is 9.11. The quantitative estimate of drug-likeness (QED) is 0.0352. The van der Waals surface area contributed by atoms with Crippen LogP contribution in [0.15, 0.2) is 31.8 Å². The summed E-state index contributed by atoms with van der Waals surface area (Å²) in [6.07, 6.45) is 28.4. The number of rotatable bonds is 33. The normalized spacial score (nSPS) is 12.6. The number of ether oxygens (including phenoxy) is 2. The summed E-state index contributed by atoms with van der Waals surface area (Å²) in [6, 6.07) is 6.26. The average molecular weight is 1060 g/mol. The van der Waals surface area contributed by atoms with Crippen molar-refractivity contribution in [1.82, 2.24) is 0 Å². The van der Waals surface area contributed by atoms with Gasteiger partial charge < -0.3 is 9.47 Å². The molecule has 62 heavy (non-hydrogen) atoms. The molecule has 0 aliphatic carbocycles. The highest BCUT2D eigenvalue weighted by Gasteiger charge is 2.27. The second-order valence-corrected chi connectivity index (χ2v) is 23.9. The molecule has 0 aromatic carbocycles. The van der Waals surface area contributed by atoms with E-state index < -0.39 is 23.6 Å². The van der Waals surface area contributed by atoms with Crippen LogP contribution in [0.25, 0.3) is 29.3 Å². The van der Waals surface area contributed by atoms with Crippen molar-refractivity contribution in [1.29, 1.82) is 0 Å². The molecule has 0 fully saturated rings. The van der Waals surface area contributed by atoms with E-state index in [0.717, 1.165) is 81.6 Å². The fourth-order valence-electron chi connectivity index (χ4n) is 7.97. The van der Waals surface area contributed by atoms with E-state index in [0.29, 0.717) is 55.7 Å². The molecular weight excluding hydrogens is 991 g/mol. The maximum Gasteiger partial charge on any atom is 0.339 e. The third kappa shape index (κ3) is 17.7. The number of esters is 2. The summed E-state index contributed by atoms with van der Waals surface area (Å²) in [5, 5.41) is 0. The second-order valence-electron chi connectivity index (χ2n) is 16.9. The van der Waals surface area contributed by atoms with Crippen LogP contribution in [0, 0.1) is 23.5 Å². The predicted molar refractivity (Wildman–Crippen MR) is 271 cm³/mol. The van der Waals surface area contributed by atoms with Crippen LogP contribution in [0.5, 0.6) is 0 Å². The zero-order chi connectivity index (χ0) is 44.7. The maximum absolute atomic E-state index is 15.9. The Morgan fingerprint density at radius 1 is 0.468 bits per heavy atom. The molecule has 346 valence electrons. The van der Waals surface area contributed by atoms with Crippen molar-refractivity contribution in [2.45, 2.75) is 182 Å². The molecule has 12 heteroatoms. The predicted octanol–water partition coefficient (Wildman–Crippen LogP) is 19.7. The molecule has 0 aliphatic rings. The lowest BCUT2D eigenvalue weighted by molar-refractivity contribution is 0.0415. The first-order valence-electron chi connectivity index (χ1n) is 23.6. The smallest absolute Gasteiger partial charge is 0.339 e. The van der Waals surface area contributed by atoms with E-state index >= 15 is 8.78 Å². The van der Waals surface area contributed by atoms with E-state index in [4.69, 9.17) is 9.47 Å². The van der Waals surface area contributed by atoms with Gasteiger partial charge in [0.15, 0.2) is 0 Å². The number of halogens is 4. The molecule has 0 spiro atoms. The lowest BCUT2D eigenvalue weighted by Crippen LogP contribution is -2.15. The number of carbonyl (C=O) groups is 2. The van der Waals surface area contributed by atoms with Gasteiger partial charge in [0.25, 0.3) is 0 Å². The summed E-state index contributed by atoms with van der Waals surface area (Å²) in [5.41, 5.74) is 0.765. The molecule has 4 aromatic rings. The SMILES string of the molecule is CCCCCCCCC(CCCCCC)COC(=O)c1cc(Br)sc1-c1cc(F)c(-c2sc(-c3sc(Br)cc3C(=O)OCC(CCCCCC)CCCCCCCC)cc2F)s1. The minimum Gasteiger partial charge on any atom is -0.462 e. The van der Waals surface area contributed by atoms with Crippen molar-refractivity contribution in [2.24, 2.45) is 11.8 Å². The molecule has 0 N–H and O–H groups in total. The Hall–Kier alpha value is -1.44. The minimum absolute atomic E-state index is 0.157. The molecule has 4 rings (SSSR count). The lowest BCUT2D eigenvalue weighted by atomic mass is 9.95. The number of unbranched alkanes of at least 4 members (excludes halogenated alkanes) is 16. The van der Waals surface area contributed by atoms with Crippen LogP contribution in [0.4, 0.5) is 8.78 Å². The topological polar surface area (TPSA) is 52.6 Å². The monoisotopic (exact) mass is 1060 g/mol. The van der Waals surface area contributed by atoms with Gasteiger partial charge in [-0.25, -0.2) is 18.4 Å². The van der Waals surface area contributed by atoms with Gasteiger partial charge in [-0.15, -0.1) is 45.3 Å². The van der Waals surface area contributed by atoms with Gasteiger partial charge in [-0.05, 0) is 93.6 Å². The van der Waals surface area contributed by atoms with Gasteiger partial charge in [0, 0.05) is 9.75 Å². The fraction of sp³-hybridized carbons (Fsp3) is 0.640. The highest BCUT2D eigenvalue weighted by atomic mass is 79.9. The third-order valence-corrected chi connectivity index (χ3v) is 17.7. The highest BCUT2D eigenvalue weighted by Crippen LogP contribution is 2.49. The van der Waals surface area contributed by atoms with Gasteiger partial charge in [0.2, 0.25) is 0 Å². The van der Waals surface area contributed by atoms with Crippen molar-refractivity contribution in [3.63, 3.8) is 0 Å². The largest absolute Gasteiger partial charge is 0.462 e. The van der Waals surface area contributed by atoms with Gasteiger partial charge in [0.05, 0.1) is 51.4 Å². The van der Waals surface area contributed by atoms with Gasteiger partial charge in [-0.3, -0.25) is 0 Å². The van der Waals surface area contributed by atoms with Crippen LogP contribution in [0.1, 0.15) is 203 Å². The zero-order valence-electron chi connectivity index (χ0n) is 37.6. The van der Waals surface area contributed by atoms with Crippen LogP contribution in [-0.2, 0) is 9.47 Å². The van der Waals surface area contributed by atoms with Gasteiger partial charge in [0.1, 0.15) is 11.6 Å². The van der Waals surface area contributed by atoms with Gasteiger partial charge in [-0.2, -0.15) is 0 Å². The summed E-state index contributed by atoms with van der Waals surface area (Å²) in [7, 11) is 0. The molecule has 0 radical (unpaired) electrons. The first kappa shape index (κ1) is 53.2. The van der Waals surface area contributed by atoms with E-state index in [1.165, 1.54) is 138 Å². The van der Waals surface area contributed by atoms with Crippen LogP contribution >= 0.6 is 77.2 Å². The number of thiophene rings is 4. The van der Waals surface area contributed by atoms with Crippen molar-refractivity contribution in [3.8, 4) is 29.3 Å². The summed E-state index contributed by atoms with van der Waals surface area (Å²) < 4.78 is 45.2. The summed E-state index contributed by atoms with van der Waals surface area (Å²) in [4.78, 5) is 29.9. The minimum atomic E-state index is -0.561. The molecule has 0 saturated heterocycles. The molecular formula is C50H70Br2F2O4S4. The zero-order valence-corrected chi connectivity index (χ0v) is 44.1. The number of hydrogen-bond acceptors (Lipinski definition) is 8.